The highest BCUT2D eigenvalue weighted by Crippen LogP contribution is 2.29. The first-order valence-corrected chi connectivity index (χ1v) is 6.16. The van der Waals surface area contributed by atoms with Crippen molar-refractivity contribution in [3.8, 4) is 5.75 Å². The van der Waals surface area contributed by atoms with E-state index in [1.54, 1.807) is 0 Å². The van der Waals surface area contributed by atoms with E-state index in [1.807, 2.05) is 25.1 Å². The highest BCUT2D eigenvalue weighted by atomic mass is 32.1. The lowest BCUT2D eigenvalue weighted by Gasteiger charge is -2.16. The van der Waals surface area contributed by atoms with Crippen LogP contribution < -0.4 is 21.1 Å². The molecule has 0 radical (unpaired) electrons. The second-order valence-corrected chi connectivity index (χ2v) is 3.98. The molecule has 5 nitrogen and oxygen atoms in total. The molecule has 0 aromatic heterocycles. The molecule has 0 amide bonds. The summed E-state index contributed by atoms with van der Waals surface area (Å²) < 4.78 is 5.55. The molecule has 0 bridgehead atoms. The van der Waals surface area contributed by atoms with Crippen LogP contribution in [0.15, 0.2) is 18.2 Å². The average Bonchev–Trinajstić information content (AvgIpc) is 2.30. The smallest absolute Gasteiger partial charge is 0.192 e. The van der Waals surface area contributed by atoms with Gasteiger partial charge in [0, 0.05) is 0 Å². The lowest BCUT2D eigenvalue weighted by atomic mass is 10.1. The Morgan fingerprint density at radius 1 is 1.44 bits per heavy atom. The zero-order chi connectivity index (χ0) is 13.5. The summed E-state index contributed by atoms with van der Waals surface area (Å²) in [5.74, 6) is 0.545. The molecular weight excluding hydrogens is 248 g/mol. The highest BCUT2D eigenvalue weighted by molar-refractivity contribution is 7.80. The Morgan fingerprint density at radius 3 is 2.72 bits per heavy atom. The van der Waals surface area contributed by atoms with Gasteiger partial charge in [0.1, 0.15) is 5.75 Å². The lowest BCUT2D eigenvalue weighted by Crippen LogP contribution is -2.38. The van der Waals surface area contributed by atoms with Crippen LogP contribution in [-0.4, -0.2) is 17.7 Å². The van der Waals surface area contributed by atoms with Gasteiger partial charge < -0.3 is 21.1 Å². The van der Waals surface area contributed by atoms with Crippen LogP contribution in [-0.2, 0) is 6.42 Å². The molecule has 0 aliphatic heterocycles. The van der Waals surface area contributed by atoms with E-state index < -0.39 is 0 Å². The maximum Gasteiger partial charge on any atom is 0.192 e. The van der Waals surface area contributed by atoms with Gasteiger partial charge in [0.05, 0.1) is 12.3 Å². The van der Waals surface area contributed by atoms with Crippen molar-refractivity contribution in [2.45, 2.75) is 20.3 Å². The molecular formula is C12H18N4OS. The summed E-state index contributed by atoms with van der Waals surface area (Å²) in [6.07, 6.45) is 0.853. The van der Waals surface area contributed by atoms with Crippen LogP contribution in [0.5, 0.6) is 5.75 Å². The molecule has 0 saturated heterocycles. The molecule has 18 heavy (non-hydrogen) atoms. The SMILES string of the molecule is CCOc1cccc(CC)c1NC(=S)NC(=N)N. The van der Waals surface area contributed by atoms with Crippen LogP contribution in [0.1, 0.15) is 19.4 Å². The summed E-state index contributed by atoms with van der Waals surface area (Å²) in [4.78, 5) is 0. The Balaban J connectivity index is 2.96. The van der Waals surface area contributed by atoms with Gasteiger partial charge >= 0.3 is 0 Å². The number of hydrogen-bond donors (Lipinski definition) is 4. The zero-order valence-corrected chi connectivity index (χ0v) is 11.4. The number of nitrogens with one attached hydrogen (secondary N) is 3. The number of anilines is 1. The van der Waals surface area contributed by atoms with Gasteiger partial charge in [0.25, 0.3) is 0 Å². The molecule has 5 N–H and O–H groups in total. The molecule has 1 aromatic carbocycles. The van der Waals surface area contributed by atoms with Crippen molar-refractivity contribution in [3.05, 3.63) is 23.8 Å². The van der Waals surface area contributed by atoms with Crippen LogP contribution in [0.4, 0.5) is 5.69 Å². The normalized spacial score (nSPS) is 9.67. The first kappa shape index (κ1) is 14.2. The third-order valence-electron chi connectivity index (χ3n) is 2.28. The van der Waals surface area contributed by atoms with Crippen molar-refractivity contribution in [3.63, 3.8) is 0 Å². The van der Waals surface area contributed by atoms with Crippen molar-refractivity contribution < 1.29 is 4.74 Å². The molecule has 0 unspecified atom stereocenters. The Labute approximate surface area is 112 Å². The van der Waals surface area contributed by atoms with Gasteiger partial charge in [-0.3, -0.25) is 5.41 Å². The van der Waals surface area contributed by atoms with Gasteiger partial charge in [-0.15, -0.1) is 0 Å². The van der Waals surface area contributed by atoms with Crippen molar-refractivity contribution in [1.29, 1.82) is 5.41 Å². The molecule has 0 saturated carbocycles. The summed E-state index contributed by atoms with van der Waals surface area (Å²) in [5, 5.41) is 13.0. The van der Waals surface area contributed by atoms with E-state index in [-0.39, 0.29) is 11.1 Å². The van der Waals surface area contributed by atoms with Crippen LogP contribution >= 0.6 is 12.2 Å². The third-order valence-corrected chi connectivity index (χ3v) is 2.48. The van der Waals surface area contributed by atoms with E-state index in [9.17, 15) is 0 Å². The van der Waals surface area contributed by atoms with Gasteiger partial charge in [-0.25, -0.2) is 0 Å². The molecule has 98 valence electrons. The Kier molecular flexibility index (Phi) is 5.38. The lowest BCUT2D eigenvalue weighted by molar-refractivity contribution is 0.342. The highest BCUT2D eigenvalue weighted by Gasteiger charge is 2.10. The Hall–Kier alpha value is -1.82. The molecule has 0 aliphatic carbocycles. The molecule has 0 heterocycles. The van der Waals surface area contributed by atoms with Crippen LogP contribution in [0.2, 0.25) is 0 Å². The second kappa shape index (κ2) is 6.80. The van der Waals surface area contributed by atoms with Gasteiger partial charge in [0.2, 0.25) is 0 Å². The second-order valence-electron chi connectivity index (χ2n) is 3.57. The molecule has 0 spiro atoms. The Morgan fingerprint density at radius 2 is 2.17 bits per heavy atom. The maximum atomic E-state index is 7.13. The fourth-order valence-electron chi connectivity index (χ4n) is 1.56. The minimum atomic E-state index is -0.195. The van der Waals surface area contributed by atoms with Gasteiger partial charge in [-0.2, -0.15) is 0 Å². The monoisotopic (exact) mass is 266 g/mol. The fourth-order valence-corrected chi connectivity index (χ4v) is 1.77. The van der Waals surface area contributed by atoms with E-state index in [1.165, 1.54) is 0 Å². The van der Waals surface area contributed by atoms with E-state index in [0.717, 1.165) is 23.4 Å². The standard InChI is InChI=1S/C12H18N4OS/c1-3-8-6-5-7-9(17-4-2)10(8)15-12(18)16-11(13)14/h5-7H,3-4H2,1-2H3,(H5,13,14,15,16,18). The number of para-hydroxylation sites is 1. The average molecular weight is 266 g/mol. The van der Waals surface area contributed by atoms with Crippen molar-refractivity contribution in [2.75, 3.05) is 11.9 Å². The summed E-state index contributed by atoms with van der Waals surface area (Å²) >= 11 is 5.06. The quantitative estimate of drug-likeness (QED) is 0.380. The molecule has 1 aromatic rings. The Bertz CT molecular complexity index is 448. The van der Waals surface area contributed by atoms with Crippen molar-refractivity contribution in [2.24, 2.45) is 5.73 Å². The number of thiocarbonyl (C=S) groups is 1. The number of guanidine groups is 1. The minimum Gasteiger partial charge on any atom is -0.492 e. The topological polar surface area (TPSA) is 83.2 Å². The third kappa shape index (κ3) is 3.89. The van der Waals surface area contributed by atoms with Crippen LogP contribution in [0, 0.1) is 5.41 Å². The van der Waals surface area contributed by atoms with Crippen LogP contribution in [0.25, 0.3) is 0 Å². The number of hydrogen-bond acceptors (Lipinski definition) is 3. The zero-order valence-electron chi connectivity index (χ0n) is 10.5. The summed E-state index contributed by atoms with van der Waals surface area (Å²) in [7, 11) is 0. The molecule has 0 fully saturated rings. The van der Waals surface area contributed by atoms with Crippen molar-refractivity contribution >= 4 is 29.0 Å². The first-order chi connectivity index (χ1) is 8.58. The number of nitrogens with two attached hydrogens (primary N) is 1. The fraction of sp³-hybridized carbons (Fsp3) is 0.333. The summed E-state index contributed by atoms with van der Waals surface area (Å²) in [6.45, 7) is 4.56. The number of benzene rings is 1. The van der Waals surface area contributed by atoms with E-state index in [0.29, 0.717) is 6.61 Å². The molecule has 6 heteroatoms. The summed E-state index contributed by atoms with van der Waals surface area (Å²) in [6, 6.07) is 5.82. The van der Waals surface area contributed by atoms with Gasteiger partial charge in [-0.1, -0.05) is 19.1 Å². The van der Waals surface area contributed by atoms with E-state index in [2.05, 4.69) is 17.6 Å². The predicted molar refractivity (Wildman–Crippen MR) is 78.3 cm³/mol. The van der Waals surface area contributed by atoms with E-state index >= 15 is 0 Å². The number of aryl methyl sites for hydroxylation is 1. The summed E-state index contributed by atoms with van der Waals surface area (Å²) in [5.41, 5.74) is 7.14. The molecule has 1 rings (SSSR count). The predicted octanol–water partition coefficient (Wildman–Crippen LogP) is 1.83. The minimum absolute atomic E-state index is 0.195. The van der Waals surface area contributed by atoms with E-state index in [4.69, 9.17) is 28.1 Å². The largest absolute Gasteiger partial charge is 0.492 e. The van der Waals surface area contributed by atoms with Crippen LogP contribution in [0.3, 0.4) is 0 Å². The maximum absolute atomic E-state index is 7.13. The number of rotatable bonds is 4. The van der Waals surface area contributed by atoms with Gasteiger partial charge in [0.15, 0.2) is 11.1 Å². The van der Waals surface area contributed by atoms with Crippen molar-refractivity contribution in [1.82, 2.24) is 5.32 Å². The first-order valence-electron chi connectivity index (χ1n) is 5.75. The molecule has 0 atom stereocenters. The van der Waals surface area contributed by atoms with Gasteiger partial charge in [-0.05, 0) is 37.2 Å². The molecule has 0 aliphatic rings. The number of ether oxygens (including phenoxy) is 1.